The van der Waals surface area contributed by atoms with Gasteiger partial charge in [-0.2, -0.15) is 13.2 Å². The second-order valence-corrected chi connectivity index (χ2v) is 9.38. The predicted molar refractivity (Wildman–Crippen MR) is 90.7 cm³/mol. The van der Waals surface area contributed by atoms with Crippen LogP contribution in [0.3, 0.4) is 0 Å². The monoisotopic (exact) mass is 398 g/mol. The second kappa shape index (κ2) is 6.10. The van der Waals surface area contributed by atoms with Crippen LogP contribution in [-0.4, -0.2) is 42.9 Å². The highest BCUT2D eigenvalue weighted by Gasteiger charge is 2.47. The first-order chi connectivity index (χ1) is 11.1. The van der Waals surface area contributed by atoms with Crippen LogP contribution >= 0.6 is 23.4 Å². The number of sulfone groups is 1. The van der Waals surface area contributed by atoms with E-state index >= 15 is 0 Å². The van der Waals surface area contributed by atoms with Gasteiger partial charge in [0.1, 0.15) is 0 Å². The van der Waals surface area contributed by atoms with Crippen molar-refractivity contribution in [2.24, 2.45) is 4.99 Å². The average Bonchev–Trinajstić information content (AvgIpc) is 2.90. The van der Waals surface area contributed by atoms with Gasteiger partial charge in [-0.05, 0) is 24.0 Å². The Kier molecular flexibility index (Phi) is 4.55. The quantitative estimate of drug-likeness (QED) is 0.765. The van der Waals surface area contributed by atoms with Gasteiger partial charge in [-0.3, -0.25) is 4.99 Å². The third-order valence-electron chi connectivity index (χ3n) is 3.91. The lowest BCUT2D eigenvalue weighted by atomic mass is 10.1. The Morgan fingerprint density at radius 3 is 2.71 bits per heavy atom. The van der Waals surface area contributed by atoms with Crippen LogP contribution in [0.5, 0.6) is 0 Å². The molecule has 2 atom stereocenters. The van der Waals surface area contributed by atoms with Gasteiger partial charge in [0.25, 0.3) is 0 Å². The zero-order chi connectivity index (χ0) is 17.7. The van der Waals surface area contributed by atoms with Gasteiger partial charge in [-0.1, -0.05) is 30.3 Å². The van der Waals surface area contributed by atoms with Crippen LogP contribution in [0.25, 0.3) is 0 Å². The largest absolute Gasteiger partial charge is 0.416 e. The van der Waals surface area contributed by atoms with Crippen molar-refractivity contribution in [2.45, 2.75) is 25.2 Å². The lowest BCUT2D eigenvalue weighted by Gasteiger charge is -2.28. The summed E-state index contributed by atoms with van der Waals surface area (Å²) in [5.41, 5.74) is -0.678. The van der Waals surface area contributed by atoms with E-state index in [0.717, 1.165) is 12.1 Å². The lowest BCUT2D eigenvalue weighted by molar-refractivity contribution is -0.137. The first-order valence-electron chi connectivity index (χ1n) is 7.19. The Bertz CT molecular complexity index is 796. The molecular weight excluding hydrogens is 385 g/mol. The van der Waals surface area contributed by atoms with Gasteiger partial charge in [-0.25, -0.2) is 8.42 Å². The normalized spacial score (nSPS) is 25.7. The van der Waals surface area contributed by atoms with E-state index in [9.17, 15) is 21.6 Å². The number of anilines is 1. The molecule has 2 aliphatic heterocycles. The number of alkyl halides is 3. The Balaban J connectivity index is 2.07. The summed E-state index contributed by atoms with van der Waals surface area (Å²) in [5.74, 6) is 0.443. The minimum atomic E-state index is -4.50. The zero-order valence-corrected chi connectivity index (χ0v) is 14.9. The summed E-state index contributed by atoms with van der Waals surface area (Å²) in [7, 11) is -3.26. The van der Waals surface area contributed by atoms with Gasteiger partial charge in [0.15, 0.2) is 15.0 Å². The van der Waals surface area contributed by atoms with E-state index in [2.05, 4.69) is 4.99 Å². The Morgan fingerprint density at radius 1 is 1.38 bits per heavy atom. The third kappa shape index (κ3) is 3.25. The molecule has 24 heavy (non-hydrogen) atoms. The number of nitrogens with zero attached hydrogens (tertiary/aromatic N) is 2. The third-order valence-corrected chi connectivity index (χ3v) is 6.78. The molecule has 0 bridgehead atoms. The van der Waals surface area contributed by atoms with Gasteiger partial charge in [0, 0.05) is 0 Å². The number of fused-ring (bicyclic) bond motifs is 1. The Morgan fingerprint density at radius 2 is 2.08 bits per heavy atom. The minimum absolute atomic E-state index is 0.0848. The zero-order valence-electron chi connectivity index (χ0n) is 12.5. The number of aliphatic imine (C=N–C) groups is 1. The first-order valence-corrected chi connectivity index (χ1v) is 10.4. The van der Waals surface area contributed by atoms with Crippen molar-refractivity contribution in [3.8, 4) is 0 Å². The molecule has 0 aromatic heterocycles. The lowest BCUT2D eigenvalue weighted by Crippen LogP contribution is -2.39. The summed E-state index contributed by atoms with van der Waals surface area (Å²) < 4.78 is 62.9. The molecule has 0 N–H and O–H groups in total. The molecule has 0 spiro atoms. The van der Waals surface area contributed by atoms with E-state index in [4.69, 9.17) is 11.6 Å². The number of benzene rings is 1. The number of hydrogen-bond acceptors (Lipinski definition) is 5. The van der Waals surface area contributed by atoms with Crippen molar-refractivity contribution >= 4 is 44.1 Å². The van der Waals surface area contributed by atoms with Crippen molar-refractivity contribution in [2.75, 3.05) is 22.2 Å². The van der Waals surface area contributed by atoms with Gasteiger partial charge in [-0.15, -0.1) is 0 Å². The van der Waals surface area contributed by atoms with Crippen molar-refractivity contribution in [3.05, 3.63) is 28.8 Å². The van der Waals surface area contributed by atoms with Crippen LogP contribution < -0.4 is 4.90 Å². The van der Waals surface area contributed by atoms with Crippen LogP contribution in [0.1, 0.15) is 12.5 Å². The molecule has 0 aliphatic carbocycles. The second-order valence-electron chi connectivity index (χ2n) is 5.59. The molecule has 10 heteroatoms. The fourth-order valence-corrected chi connectivity index (χ4v) is 5.81. The van der Waals surface area contributed by atoms with Gasteiger partial charge in [0.05, 0.1) is 39.9 Å². The van der Waals surface area contributed by atoms with Gasteiger partial charge in [0.2, 0.25) is 0 Å². The minimum Gasteiger partial charge on any atom is -0.313 e. The molecule has 0 saturated carbocycles. The molecule has 1 aromatic rings. The summed E-state index contributed by atoms with van der Waals surface area (Å²) in [6.45, 7) is 1.89. The van der Waals surface area contributed by atoms with Crippen LogP contribution in [0, 0.1) is 0 Å². The highest BCUT2D eigenvalue weighted by Crippen LogP contribution is 2.41. The summed E-state index contributed by atoms with van der Waals surface area (Å²) in [6.07, 6.45) is -4.50. The SMILES string of the molecule is CCSC1=N[C@@H]2CS(=O)(=O)C[C@@H]2N1c1cc(C(F)(F)F)ccc1Cl. The maximum atomic E-state index is 13.0. The molecule has 1 aromatic carbocycles. The van der Waals surface area contributed by atoms with Gasteiger partial charge < -0.3 is 4.90 Å². The maximum Gasteiger partial charge on any atom is 0.416 e. The van der Waals surface area contributed by atoms with Crippen molar-refractivity contribution < 1.29 is 21.6 Å². The fraction of sp³-hybridized carbons (Fsp3) is 0.500. The predicted octanol–water partition coefficient (Wildman–Crippen LogP) is 3.45. The van der Waals surface area contributed by atoms with E-state index in [-0.39, 0.29) is 22.2 Å². The molecule has 4 nitrogen and oxygen atoms in total. The molecule has 1 fully saturated rings. The number of hydrogen-bond donors (Lipinski definition) is 0. The Labute approximate surface area is 147 Å². The molecule has 2 heterocycles. The number of thioether (sulfide) groups is 1. The molecule has 0 unspecified atom stereocenters. The molecule has 0 amide bonds. The maximum absolute atomic E-state index is 13.0. The smallest absolute Gasteiger partial charge is 0.313 e. The van der Waals surface area contributed by atoms with Crippen molar-refractivity contribution in [3.63, 3.8) is 0 Å². The van der Waals surface area contributed by atoms with Crippen LogP contribution in [0.15, 0.2) is 23.2 Å². The van der Waals surface area contributed by atoms with E-state index in [1.54, 1.807) is 4.90 Å². The molecule has 2 aliphatic rings. The molecule has 3 rings (SSSR count). The van der Waals surface area contributed by atoms with E-state index < -0.39 is 33.7 Å². The van der Waals surface area contributed by atoms with E-state index in [1.807, 2.05) is 6.92 Å². The van der Waals surface area contributed by atoms with Crippen LogP contribution in [0.4, 0.5) is 18.9 Å². The number of amidine groups is 1. The van der Waals surface area contributed by atoms with Crippen LogP contribution in [-0.2, 0) is 16.0 Å². The van der Waals surface area contributed by atoms with Crippen LogP contribution in [0.2, 0.25) is 5.02 Å². The topological polar surface area (TPSA) is 49.7 Å². The van der Waals surface area contributed by atoms with E-state index in [0.29, 0.717) is 10.9 Å². The Hall–Kier alpha value is -0.930. The fourth-order valence-electron chi connectivity index (χ4n) is 2.92. The molecule has 0 radical (unpaired) electrons. The summed E-state index contributed by atoms with van der Waals surface area (Å²) >= 11 is 7.49. The first kappa shape index (κ1) is 17.9. The molecular formula is C14H14ClF3N2O2S2. The highest BCUT2D eigenvalue weighted by atomic mass is 35.5. The summed E-state index contributed by atoms with van der Waals surface area (Å²) in [5, 5.41) is 0.654. The van der Waals surface area contributed by atoms with Crippen molar-refractivity contribution in [1.29, 1.82) is 0 Å². The van der Waals surface area contributed by atoms with E-state index in [1.165, 1.54) is 17.8 Å². The summed E-state index contributed by atoms with van der Waals surface area (Å²) in [6, 6.07) is 2.08. The standard InChI is InChI=1S/C14H14ClF3N2O2S2/c1-2-23-13-19-10-6-24(21,22)7-12(10)20(13)11-5-8(14(16,17)18)3-4-9(11)15/h3-5,10,12H,2,6-7H2,1H3/t10-,12+/m1/s1. The summed E-state index contributed by atoms with van der Waals surface area (Å²) in [4.78, 5) is 5.97. The molecule has 132 valence electrons. The van der Waals surface area contributed by atoms with Crippen molar-refractivity contribution in [1.82, 2.24) is 0 Å². The average molecular weight is 399 g/mol. The van der Waals surface area contributed by atoms with Gasteiger partial charge >= 0.3 is 6.18 Å². The molecule has 1 saturated heterocycles. The number of halogens is 4. The number of rotatable bonds is 2. The highest BCUT2D eigenvalue weighted by molar-refractivity contribution is 8.14.